The SMILES string of the molecule is C=CCONC1CN([B]C=O)Cc2c1sc(=O)n2CCC. The molecule has 2 rings (SSSR count). The Morgan fingerprint density at radius 1 is 1.62 bits per heavy atom. The summed E-state index contributed by atoms with van der Waals surface area (Å²) in [5.41, 5.74) is 3.93. The van der Waals surface area contributed by atoms with Crippen molar-refractivity contribution in [2.24, 2.45) is 0 Å². The lowest BCUT2D eigenvalue weighted by molar-refractivity contribution is 0.0267. The van der Waals surface area contributed by atoms with Crippen molar-refractivity contribution in [1.29, 1.82) is 0 Å². The Morgan fingerprint density at radius 3 is 3.10 bits per heavy atom. The van der Waals surface area contributed by atoms with Crippen molar-refractivity contribution in [1.82, 2.24) is 14.9 Å². The normalized spacial score (nSPS) is 18.2. The largest absolute Gasteiger partial charge is 0.333 e. The summed E-state index contributed by atoms with van der Waals surface area (Å²) in [6, 6.07) is -0.124. The molecular weight excluding hydrogens is 289 g/mol. The Hall–Kier alpha value is -1.22. The van der Waals surface area contributed by atoms with Gasteiger partial charge in [-0.1, -0.05) is 24.3 Å². The van der Waals surface area contributed by atoms with Crippen LogP contribution in [0.3, 0.4) is 0 Å². The minimum atomic E-state index is -0.124. The molecule has 1 aromatic rings. The number of fused-ring (bicyclic) bond motifs is 1. The predicted octanol–water partition coefficient (Wildman–Crippen LogP) is 0.693. The van der Waals surface area contributed by atoms with Crippen molar-refractivity contribution in [2.75, 3.05) is 13.2 Å². The fraction of sp³-hybridized carbons (Fsp3) is 0.538. The second-order valence-electron chi connectivity index (χ2n) is 4.82. The van der Waals surface area contributed by atoms with Crippen LogP contribution in [0.4, 0.5) is 0 Å². The van der Waals surface area contributed by atoms with Crippen LogP contribution in [0.5, 0.6) is 0 Å². The molecule has 21 heavy (non-hydrogen) atoms. The van der Waals surface area contributed by atoms with Crippen molar-refractivity contribution in [3.8, 4) is 0 Å². The van der Waals surface area contributed by atoms with Gasteiger partial charge in [-0.15, -0.1) is 6.58 Å². The fourth-order valence-corrected chi connectivity index (χ4v) is 3.47. The summed E-state index contributed by atoms with van der Waals surface area (Å²) in [4.78, 5) is 31.1. The van der Waals surface area contributed by atoms with E-state index in [1.807, 2.05) is 11.7 Å². The first-order valence-corrected chi connectivity index (χ1v) is 7.76. The molecule has 0 aromatic carbocycles. The van der Waals surface area contributed by atoms with Gasteiger partial charge in [0.1, 0.15) is 0 Å². The number of nitrogens with zero attached hydrogens (tertiary/aromatic N) is 2. The Labute approximate surface area is 128 Å². The molecule has 1 unspecified atom stereocenters. The highest BCUT2D eigenvalue weighted by Crippen LogP contribution is 2.28. The molecule has 1 aliphatic rings. The number of hydrogen-bond donors (Lipinski definition) is 1. The van der Waals surface area contributed by atoms with Crippen LogP contribution in [0.25, 0.3) is 0 Å². The number of hydroxylamine groups is 1. The van der Waals surface area contributed by atoms with Gasteiger partial charge in [0.25, 0.3) is 7.41 Å². The van der Waals surface area contributed by atoms with E-state index in [1.54, 1.807) is 10.6 Å². The number of hydrogen-bond acceptors (Lipinski definition) is 6. The third-order valence-corrected chi connectivity index (χ3v) is 4.40. The maximum absolute atomic E-state index is 12.1. The average molecular weight is 308 g/mol. The van der Waals surface area contributed by atoms with Gasteiger partial charge in [0, 0.05) is 25.3 Å². The highest BCUT2D eigenvalue weighted by atomic mass is 32.1. The molecule has 1 radical (unpaired) electrons. The highest BCUT2D eigenvalue weighted by molar-refractivity contribution is 7.09. The second-order valence-corrected chi connectivity index (χ2v) is 5.81. The molecule has 0 aliphatic carbocycles. The Morgan fingerprint density at radius 2 is 2.43 bits per heavy atom. The third-order valence-electron chi connectivity index (χ3n) is 3.26. The first-order valence-electron chi connectivity index (χ1n) is 6.94. The van der Waals surface area contributed by atoms with Crippen molar-refractivity contribution in [3.05, 3.63) is 32.9 Å². The molecule has 0 saturated heterocycles. The number of thiazole rings is 1. The summed E-state index contributed by atoms with van der Waals surface area (Å²) < 4.78 is 1.80. The zero-order valence-corrected chi connectivity index (χ0v) is 12.9. The zero-order valence-electron chi connectivity index (χ0n) is 12.1. The van der Waals surface area contributed by atoms with Crippen LogP contribution in [-0.4, -0.2) is 36.1 Å². The van der Waals surface area contributed by atoms with Crippen molar-refractivity contribution in [2.45, 2.75) is 32.5 Å². The molecule has 8 heteroatoms. The van der Waals surface area contributed by atoms with E-state index in [0.29, 0.717) is 26.2 Å². The first-order chi connectivity index (χ1) is 10.2. The van der Waals surface area contributed by atoms with Crippen LogP contribution in [0.2, 0.25) is 0 Å². The monoisotopic (exact) mass is 308 g/mol. The number of rotatable bonds is 8. The van der Waals surface area contributed by atoms with Gasteiger partial charge in [0.05, 0.1) is 23.7 Å². The average Bonchev–Trinajstić information content (AvgIpc) is 2.77. The van der Waals surface area contributed by atoms with E-state index in [4.69, 9.17) is 4.84 Å². The Bertz CT molecular complexity index is 557. The van der Waals surface area contributed by atoms with E-state index < -0.39 is 0 Å². The van der Waals surface area contributed by atoms with Gasteiger partial charge in [0.15, 0.2) is 0 Å². The van der Waals surface area contributed by atoms with E-state index in [-0.39, 0.29) is 10.9 Å². The van der Waals surface area contributed by atoms with Crippen LogP contribution in [-0.2, 0) is 22.7 Å². The predicted molar refractivity (Wildman–Crippen MR) is 83.8 cm³/mol. The maximum Gasteiger partial charge on any atom is 0.307 e. The molecule has 2 heterocycles. The molecule has 1 N–H and O–H groups in total. The Kier molecular flexibility index (Phi) is 5.92. The minimum Gasteiger partial charge on any atom is -0.333 e. The van der Waals surface area contributed by atoms with Gasteiger partial charge in [-0.25, -0.2) is 0 Å². The molecule has 0 bridgehead atoms. The lowest BCUT2D eigenvalue weighted by Gasteiger charge is -2.32. The summed E-state index contributed by atoms with van der Waals surface area (Å²) in [5.74, 6) is 0. The lowest BCUT2D eigenvalue weighted by atomic mass is 9.90. The molecule has 1 atom stereocenters. The summed E-state index contributed by atoms with van der Waals surface area (Å²) in [6.45, 7) is 7.88. The number of carbonyl (C=O) groups is 1. The van der Waals surface area contributed by atoms with Gasteiger partial charge in [-0.3, -0.25) is 9.63 Å². The van der Waals surface area contributed by atoms with Gasteiger partial charge >= 0.3 is 4.87 Å². The molecule has 6 nitrogen and oxygen atoms in total. The minimum absolute atomic E-state index is 0.0466. The molecule has 1 aromatic heterocycles. The first kappa shape index (κ1) is 16.2. The van der Waals surface area contributed by atoms with Crippen LogP contribution >= 0.6 is 11.3 Å². The van der Waals surface area contributed by atoms with E-state index in [2.05, 4.69) is 12.1 Å². The summed E-state index contributed by atoms with van der Waals surface area (Å²) in [7, 11) is 1.50. The third kappa shape index (κ3) is 3.71. The van der Waals surface area contributed by atoms with Crippen LogP contribution < -0.4 is 10.4 Å². The molecule has 1 aliphatic heterocycles. The highest BCUT2D eigenvalue weighted by Gasteiger charge is 2.30. The van der Waals surface area contributed by atoms with Gasteiger partial charge in [0.2, 0.25) is 0 Å². The second kappa shape index (κ2) is 7.70. The van der Waals surface area contributed by atoms with E-state index in [1.165, 1.54) is 18.8 Å². The van der Waals surface area contributed by atoms with E-state index in [0.717, 1.165) is 23.2 Å². The number of nitrogens with one attached hydrogen (secondary N) is 1. The molecule has 0 saturated carbocycles. The smallest absolute Gasteiger partial charge is 0.307 e. The lowest BCUT2D eigenvalue weighted by Crippen LogP contribution is -2.42. The van der Waals surface area contributed by atoms with Gasteiger partial charge < -0.3 is 14.2 Å². The Balaban J connectivity index is 2.27. The molecule has 0 spiro atoms. The van der Waals surface area contributed by atoms with Crippen LogP contribution in [0.1, 0.15) is 30.0 Å². The molecule has 113 valence electrons. The summed E-state index contributed by atoms with van der Waals surface area (Å²) >= 11 is 1.25. The topological polar surface area (TPSA) is 63.6 Å². The summed E-state index contributed by atoms with van der Waals surface area (Å²) in [6.07, 6.45) is 3.31. The number of carbonyl (C=O) groups excluding carboxylic acids is 1. The van der Waals surface area contributed by atoms with Gasteiger partial charge in [-0.2, -0.15) is 5.48 Å². The number of aromatic nitrogens is 1. The van der Waals surface area contributed by atoms with E-state index in [9.17, 15) is 9.59 Å². The van der Waals surface area contributed by atoms with Crippen molar-refractivity contribution in [3.63, 3.8) is 0 Å². The standard InChI is InChI=1S/C13H19BN3O3S/c1-3-5-17-11-8-16(14-9-18)7-10(15-20-6-4-2)12(11)21-13(17)19/h4,9-10,15H,2-3,5-8H2,1H3. The van der Waals surface area contributed by atoms with E-state index >= 15 is 0 Å². The molecule has 0 fully saturated rings. The van der Waals surface area contributed by atoms with Crippen LogP contribution in [0.15, 0.2) is 17.4 Å². The summed E-state index contributed by atoms with van der Waals surface area (Å²) in [5, 5.41) is 0. The zero-order chi connectivity index (χ0) is 15.2. The van der Waals surface area contributed by atoms with Crippen molar-refractivity contribution < 1.29 is 9.63 Å². The molecule has 0 amide bonds. The van der Waals surface area contributed by atoms with Gasteiger partial charge in [-0.05, 0) is 6.42 Å². The maximum atomic E-state index is 12.1. The quantitative estimate of drug-likeness (QED) is 0.252. The van der Waals surface area contributed by atoms with Crippen molar-refractivity contribution >= 4 is 24.9 Å². The fourth-order valence-electron chi connectivity index (χ4n) is 2.41. The van der Waals surface area contributed by atoms with Crippen LogP contribution in [0, 0.1) is 0 Å². The molecular formula is C13H19BN3O3S.